The predicted octanol–water partition coefficient (Wildman–Crippen LogP) is 3.32. The first-order valence-electron chi connectivity index (χ1n) is 7.32. The summed E-state index contributed by atoms with van der Waals surface area (Å²) in [4.78, 5) is 11.7. The van der Waals surface area contributed by atoms with Gasteiger partial charge >= 0.3 is 6.09 Å². The molecule has 1 aromatic rings. The summed E-state index contributed by atoms with van der Waals surface area (Å²) in [6.45, 7) is 7.31. The molecule has 2 N–H and O–H groups in total. The van der Waals surface area contributed by atoms with Gasteiger partial charge in [0, 0.05) is 5.69 Å². The number of benzene rings is 1. The first-order valence-corrected chi connectivity index (χ1v) is 7.32. The number of rotatable bonds is 3. The molecule has 0 saturated carbocycles. The Kier molecular flexibility index (Phi) is 4.83. The molecule has 1 heterocycles. The highest BCUT2D eigenvalue weighted by Gasteiger charge is 2.19. The summed E-state index contributed by atoms with van der Waals surface area (Å²) in [5.41, 5.74) is 0.645. The zero-order valence-corrected chi connectivity index (χ0v) is 12.8. The van der Waals surface area contributed by atoms with Gasteiger partial charge in [0.1, 0.15) is 11.4 Å². The van der Waals surface area contributed by atoms with Crippen molar-refractivity contribution in [3.63, 3.8) is 0 Å². The first-order chi connectivity index (χ1) is 9.83. The van der Waals surface area contributed by atoms with Crippen LogP contribution in [0.5, 0.6) is 0 Å². The van der Waals surface area contributed by atoms with Gasteiger partial charge < -0.3 is 10.1 Å². The van der Waals surface area contributed by atoms with Crippen molar-refractivity contribution < 1.29 is 13.9 Å². The fourth-order valence-electron chi connectivity index (χ4n) is 2.43. The van der Waals surface area contributed by atoms with E-state index in [1.807, 2.05) is 0 Å². The number of carbonyl (C=O) groups is 1. The van der Waals surface area contributed by atoms with E-state index in [0.717, 1.165) is 19.5 Å². The summed E-state index contributed by atoms with van der Waals surface area (Å²) in [7, 11) is 0. The van der Waals surface area contributed by atoms with Crippen LogP contribution in [0.25, 0.3) is 0 Å². The smallest absolute Gasteiger partial charge is 0.412 e. The molecule has 1 aliphatic heterocycles. The Labute approximate surface area is 125 Å². The Morgan fingerprint density at radius 3 is 2.86 bits per heavy atom. The molecular formula is C16H23FN2O2. The zero-order valence-electron chi connectivity index (χ0n) is 12.8. The molecule has 5 heteroatoms. The van der Waals surface area contributed by atoms with Gasteiger partial charge in [0.05, 0.1) is 0 Å². The largest absolute Gasteiger partial charge is 0.444 e. The van der Waals surface area contributed by atoms with Crippen LogP contribution < -0.4 is 10.6 Å². The Hall–Kier alpha value is -1.62. The van der Waals surface area contributed by atoms with Gasteiger partial charge in [-0.1, -0.05) is 0 Å². The molecule has 1 fully saturated rings. The quantitative estimate of drug-likeness (QED) is 0.899. The molecule has 0 spiro atoms. The van der Waals surface area contributed by atoms with E-state index in [0.29, 0.717) is 23.6 Å². The van der Waals surface area contributed by atoms with Crippen LogP contribution in [0.2, 0.25) is 0 Å². The Balaban J connectivity index is 2.02. The second-order valence-electron chi connectivity index (χ2n) is 6.50. The monoisotopic (exact) mass is 294 g/mol. The van der Waals surface area contributed by atoms with Gasteiger partial charge in [-0.05, 0) is 76.4 Å². The maximum atomic E-state index is 13.9. The SMILES string of the molecule is CC(C)(C)OC(=O)Nc1ccc(F)c(CC2CCNC2)c1. The van der Waals surface area contributed by atoms with E-state index in [1.165, 1.54) is 6.07 Å². The van der Waals surface area contributed by atoms with Crippen LogP contribution in [0.1, 0.15) is 32.8 Å². The number of hydrogen-bond donors (Lipinski definition) is 2. The minimum absolute atomic E-state index is 0.225. The lowest BCUT2D eigenvalue weighted by atomic mass is 9.98. The molecule has 1 amide bonds. The average Bonchev–Trinajstić information content (AvgIpc) is 2.84. The van der Waals surface area contributed by atoms with Crippen LogP contribution in [0.4, 0.5) is 14.9 Å². The molecule has 0 radical (unpaired) electrons. The summed E-state index contributed by atoms with van der Waals surface area (Å²) in [6, 6.07) is 4.64. The van der Waals surface area contributed by atoms with Gasteiger partial charge in [0.25, 0.3) is 0 Å². The second-order valence-corrected chi connectivity index (χ2v) is 6.50. The molecule has 0 aromatic heterocycles. The van der Waals surface area contributed by atoms with Crippen LogP contribution in [-0.2, 0) is 11.2 Å². The van der Waals surface area contributed by atoms with E-state index >= 15 is 0 Å². The highest BCUT2D eigenvalue weighted by Crippen LogP contribution is 2.21. The fraction of sp³-hybridized carbons (Fsp3) is 0.562. The van der Waals surface area contributed by atoms with E-state index in [-0.39, 0.29) is 5.82 Å². The molecule has 1 aromatic carbocycles. The third kappa shape index (κ3) is 5.01. The van der Waals surface area contributed by atoms with Crippen molar-refractivity contribution in [3.8, 4) is 0 Å². The molecule has 0 aliphatic carbocycles. The minimum atomic E-state index is -0.553. The van der Waals surface area contributed by atoms with E-state index in [4.69, 9.17) is 4.74 Å². The van der Waals surface area contributed by atoms with Gasteiger partial charge in [-0.25, -0.2) is 9.18 Å². The third-order valence-electron chi connectivity index (χ3n) is 3.36. The van der Waals surface area contributed by atoms with Crippen molar-refractivity contribution in [2.75, 3.05) is 18.4 Å². The van der Waals surface area contributed by atoms with Gasteiger partial charge in [-0.2, -0.15) is 0 Å². The lowest BCUT2D eigenvalue weighted by Crippen LogP contribution is -2.27. The van der Waals surface area contributed by atoms with Crippen LogP contribution in [0.15, 0.2) is 18.2 Å². The third-order valence-corrected chi connectivity index (χ3v) is 3.36. The molecule has 0 bridgehead atoms. The lowest BCUT2D eigenvalue weighted by Gasteiger charge is -2.20. The van der Waals surface area contributed by atoms with Gasteiger partial charge in [-0.3, -0.25) is 5.32 Å². The van der Waals surface area contributed by atoms with E-state index in [1.54, 1.807) is 32.9 Å². The molecule has 1 unspecified atom stereocenters. The van der Waals surface area contributed by atoms with Crippen LogP contribution in [0, 0.1) is 11.7 Å². The summed E-state index contributed by atoms with van der Waals surface area (Å²) in [5, 5.41) is 5.92. The number of carbonyl (C=O) groups excluding carboxylic acids is 1. The first kappa shape index (κ1) is 15.8. The number of hydrogen-bond acceptors (Lipinski definition) is 3. The summed E-state index contributed by atoms with van der Waals surface area (Å²) in [5.74, 6) is 0.230. The molecule has 1 atom stereocenters. The number of ether oxygens (including phenoxy) is 1. The summed E-state index contributed by atoms with van der Waals surface area (Å²) in [6.07, 6.45) is 1.22. The Morgan fingerprint density at radius 2 is 2.24 bits per heavy atom. The van der Waals surface area contributed by atoms with Gasteiger partial charge in [0.15, 0.2) is 0 Å². The second kappa shape index (κ2) is 6.43. The molecule has 21 heavy (non-hydrogen) atoms. The topological polar surface area (TPSA) is 50.4 Å². The highest BCUT2D eigenvalue weighted by atomic mass is 19.1. The average molecular weight is 294 g/mol. The van der Waals surface area contributed by atoms with Crippen molar-refractivity contribution in [1.82, 2.24) is 5.32 Å². The van der Waals surface area contributed by atoms with Crippen molar-refractivity contribution in [2.45, 2.75) is 39.2 Å². The summed E-state index contributed by atoms with van der Waals surface area (Å²) >= 11 is 0. The van der Waals surface area contributed by atoms with Crippen molar-refractivity contribution in [2.24, 2.45) is 5.92 Å². The molecular weight excluding hydrogens is 271 g/mol. The van der Waals surface area contributed by atoms with Crippen molar-refractivity contribution in [1.29, 1.82) is 0 Å². The highest BCUT2D eigenvalue weighted by molar-refractivity contribution is 5.84. The number of halogens is 1. The number of amides is 1. The van der Waals surface area contributed by atoms with E-state index < -0.39 is 11.7 Å². The normalized spacial score (nSPS) is 18.6. The Morgan fingerprint density at radius 1 is 1.48 bits per heavy atom. The van der Waals surface area contributed by atoms with E-state index in [2.05, 4.69) is 10.6 Å². The number of anilines is 1. The van der Waals surface area contributed by atoms with Crippen molar-refractivity contribution in [3.05, 3.63) is 29.6 Å². The standard InChI is InChI=1S/C16H23FN2O2/c1-16(2,3)21-15(20)19-13-4-5-14(17)12(9-13)8-11-6-7-18-10-11/h4-5,9,11,18H,6-8,10H2,1-3H3,(H,19,20). The van der Waals surface area contributed by atoms with Gasteiger partial charge in [-0.15, -0.1) is 0 Å². The molecule has 116 valence electrons. The Bertz CT molecular complexity index is 505. The molecule has 2 rings (SSSR count). The molecule has 4 nitrogen and oxygen atoms in total. The molecule has 1 saturated heterocycles. The predicted molar refractivity (Wildman–Crippen MR) is 80.9 cm³/mol. The molecule has 1 aliphatic rings. The maximum Gasteiger partial charge on any atom is 0.412 e. The van der Waals surface area contributed by atoms with Gasteiger partial charge in [0.2, 0.25) is 0 Å². The lowest BCUT2D eigenvalue weighted by molar-refractivity contribution is 0.0636. The summed E-state index contributed by atoms with van der Waals surface area (Å²) < 4.78 is 19.1. The maximum absolute atomic E-state index is 13.9. The van der Waals surface area contributed by atoms with Crippen LogP contribution in [0.3, 0.4) is 0 Å². The fourth-order valence-corrected chi connectivity index (χ4v) is 2.43. The van der Waals surface area contributed by atoms with Crippen molar-refractivity contribution >= 4 is 11.8 Å². The van der Waals surface area contributed by atoms with Crippen LogP contribution >= 0.6 is 0 Å². The zero-order chi connectivity index (χ0) is 15.5. The minimum Gasteiger partial charge on any atom is -0.444 e. The number of nitrogens with one attached hydrogen (secondary N) is 2. The van der Waals surface area contributed by atoms with Crippen LogP contribution in [-0.4, -0.2) is 24.8 Å². The van der Waals surface area contributed by atoms with E-state index in [9.17, 15) is 9.18 Å².